The van der Waals surface area contributed by atoms with Crippen molar-refractivity contribution < 1.29 is 8.42 Å². The molecule has 1 aromatic carbocycles. The molecule has 7 heteroatoms. The van der Waals surface area contributed by atoms with Crippen LogP contribution in [-0.4, -0.2) is 38.9 Å². The molecular formula is C13H20Cl2N2O2S. The lowest BCUT2D eigenvalue weighted by molar-refractivity contribution is 0.292. The Labute approximate surface area is 132 Å². The van der Waals surface area contributed by atoms with E-state index >= 15 is 0 Å². The Balaban J connectivity index is 0.00000200. The molecule has 1 aliphatic heterocycles. The van der Waals surface area contributed by atoms with Gasteiger partial charge >= 0.3 is 0 Å². The Morgan fingerprint density at radius 1 is 1.40 bits per heavy atom. The van der Waals surface area contributed by atoms with Gasteiger partial charge in [0.05, 0.1) is 4.90 Å². The van der Waals surface area contributed by atoms with Gasteiger partial charge in [-0.05, 0) is 50.6 Å². The van der Waals surface area contributed by atoms with Gasteiger partial charge in [-0.15, -0.1) is 12.4 Å². The predicted octanol–water partition coefficient (Wildman–Crippen LogP) is 2.44. The highest BCUT2D eigenvalue weighted by atomic mass is 35.5. The Morgan fingerprint density at radius 2 is 2.10 bits per heavy atom. The van der Waals surface area contributed by atoms with Crippen LogP contribution >= 0.6 is 24.0 Å². The van der Waals surface area contributed by atoms with Crippen molar-refractivity contribution >= 4 is 34.0 Å². The second kappa shape index (κ2) is 7.09. The Kier molecular flexibility index (Phi) is 6.28. The van der Waals surface area contributed by atoms with Crippen LogP contribution in [0.15, 0.2) is 23.1 Å². The van der Waals surface area contributed by atoms with E-state index in [0.29, 0.717) is 28.6 Å². The zero-order valence-corrected chi connectivity index (χ0v) is 14.0. The van der Waals surface area contributed by atoms with Crippen molar-refractivity contribution in [2.45, 2.75) is 30.7 Å². The fourth-order valence-corrected chi connectivity index (χ4v) is 4.39. The number of benzene rings is 1. The second-order valence-corrected chi connectivity index (χ2v) is 7.24. The van der Waals surface area contributed by atoms with Crippen LogP contribution in [0.3, 0.4) is 0 Å². The minimum Gasteiger partial charge on any atom is -0.316 e. The molecule has 0 amide bonds. The number of nitrogens with zero attached hydrogens (tertiary/aromatic N) is 1. The Bertz CT molecular complexity index is 563. The highest BCUT2D eigenvalue weighted by Gasteiger charge is 2.30. The maximum absolute atomic E-state index is 12.6. The van der Waals surface area contributed by atoms with Crippen molar-refractivity contribution in [3.8, 4) is 0 Å². The Hall–Kier alpha value is -0.330. The number of piperidine rings is 1. The second-order valence-electron chi connectivity index (χ2n) is 4.90. The van der Waals surface area contributed by atoms with Crippen molar-refractivity contribution in [3.05, 3.63) is 28.8 Å². The molecule has 20 heavy (non-hydrogen) atoms. The molecule has 1 fully saturated rings. The summed E-state index contributed by atoms with van der Waals surface area (Å²) in [5.41, 5.74) is 0.694. The zero-order valence-electron chi connectivity index (χ0n) is 11.6. The third kappa shape index (κ3) is 3.65. The molecule has 1 aliphatic rings. The van der Waals surface area contributed by atoms with Crippen molar-refractivity contribution in [1.29, 1.82) is 0 Å². The normalized spacial score (nSPS) is 20.4. The first-order valence-corrected chi connectivity index (χ1v) is 8.20. The first kappa shape index (κ1) is 17.7. The fraction of sp³-hybridized carbons (Fsp3) is 0.538. The summed E-state index contributed by atoms with van der Waals surface area (Å²) < 4.78 is 26.8. The first-order chi connectivity index (χ1) is 8.95. The third-order valence-electron chi connectivity index (χ3n) is 3.55. The van der Waals surface area contributed by atoms with E-state index in [1.165, 1.54) is 0 Å². The van der Waals surface area contributed by atoms with Crippen molar-refractivity contribution in [2.24, 2.45) is 0 Å². The van der Waals surface area contributed by atoms with Gasteiger partial charge in [0, 0.05) is 24.2 Å². The molecule has 0 aliphatic carbocycles. The summed E-state index contributed by atoms with van der Waals surface area (Å²) in [7, 11) is -1.55. The SMILES string of the molecule is CNC1CCCN(S(=O)(=O)c2ccc(Cl)cc2C)C1.Cl. The number of rotatable bonds is 3. The molecule has 2 rings (SSSR count). The summed E-state index contributed by atoms with van der Waals surface area (Å²) in [5, 5.41) is 3.71. The van der Waals surface area contributed by atoms with E-state index in [1.807, 2.05) is 7.05 Å². The summed E-state index contributed by atoms with van der Waals surface area (Å²) in [6, 6.07) is 5.14. The molecule has 1 atom stereocenters. The van der Waals surface area contributed by atoms with E-state index in [9.17, 15) is 8.42 Å². The van der Waals surface area contributed by atoms with Crippen molar-refractivity contribution in [3.63, 3.8) is 0 Å². The van der Waals surface area contributed by atoms with Crippen LogP contribution in [-0.2, 0) is 10.0 Å². The molecule has 1 heterocycles. The minimum absolute atomic E-state index is 0. The standard InChI is InChI=1S/C13H19ClN2O2S.ClH/c1-10-8-11(14)5-6-13(10)19(17,18)16-7-3-4-12(9-16)15-2;/h5-6,8,12,15H,3-4,7,9H2,1-2H3;1H. The van der Waals surface area contributed by atoms with Crippen LogP contribution in [0.25, 0.3) is 0 Å². The molecule has 0 saturated carbocycles. The van der Waals surface area contributed by atoms with Crippen LogP contribution in [0.1, 0.15) is 18.4 Å². The summed E-state index contributed by atoms with van der Waals surface area (Å²) in [6.45, 7) is 2.89. The van der Waals surface area contributed by atoms with Crippen LogP contribution in [0.4, 0.5) is 0 Å². The highest BCUT2D eigenvalue weighted by molar-refractivity contribution is 7.89. The van der Waals surface area contributed by atoms with Gasteiger partial charge in [0.2, 0.25) is 10.0 Å². The first-order valence-electron chi connectivity index (χ1n) is 6.38. The molecule has 1 unspecified atom stereocenters. The lowest BCUT2D eigenvalue weighted by Crippen LogP contribution is -2.46. The van der Waals surface area contributed by atoms with Gasteiger partial charge in [0.1, 0.15) is 0 Å². The topological polar surface area (TPSA) is 49.4 Å². The third-order valence-corrected chi connectivity index (χ3v) is 5.81. The van der Waals surface area contributed by atoms with Crippen LogP contribution in [0.2, 0.25) is 5.02 Å². The maximum atomic E-state index is 12.6. The average molecular weight is 339 g/mol. The molecule has 0 aromatic heterocycles. The molecule has 4 nitrogen and oxygen atoms in total. The number of aryl methyl sites for hydroxylation is 1. The monoisotopic (exact) mass is 338 g/mol. The molecule has 1 saturated heterocycles. The van der Waals surface area contributed by atoms with Crippen LogP contribution in [0, 0.1) is 6.92 Å². The highest BCUT2D eigenvalue weighted by Crippen LogP contribution is 2.25. The summed E-state index contributed by atoms with van der Waals surface area (Å²) in [5.74, 6) is 0. The lowest BCUT2D eigenvalue weighted by Gasteiger charge is -2.32. The number of likely N-dealkylation sites (N-methyl/N-ethyl adjacent to an activating group) is 1. The summed E-state index contributed by atoms with van der Waals surface area (Å²) in [4.78, 5) is 0.355. The quantitative estimate of drug-likeness (QED) is 0.920. The van der Waals surface area contributed by atoms with Gasteiger partial charge in [0.15, 0.2) is 0 Å². The molecule has 0 bridgehead atoms. The van der Waals surface area contributed by atoms with Crippen molar-refractivity contribution in [2.75, 3.05) is 20.1 Å². The fourth-order valence-electron chi connectivity index (χ4n) is 2.44. The van der Waals surface area contributed by atoms with E-state index in [-0.39, 0.29) is 18.4 Å². The molecular weight excluding hydrogens is 319 g/mol. The van der Waals surface area contributed by atoms with Crippen molar-refractivity contribution in [1.82, 2.24) is 9.62 Å². The number of sulfonamides is 1. The number of nitrogens with one attached hydrogen (secondary N) is 1. The smallest absolute Gasteiger partial charge is 0.243 e. The largest absolute Gasteiger partial charge is 0.316 e. The lowest BCUT2D eigenvalue weighted by atomic mass is 10.1. The van der Waals surface area contributed by atoms with Crippen LogP contribution in [0.5, 0.6) is 0 Å². The number of hydrogen-bond acceptors (Lipinski definition) is 3. The minimum atomic E-state index is -3.42. The maximum Gasteiger partial charge on any atom is 0.243 e. The average Bonchev–Trinajstić information content (AvgIpc) is 2.38. The summed E-state index contributed by atoms with van der Waals surface area (Å²) >= 11 is 5.88. The molecule has 0 spiro atoms. The van der Waals surface area contributed by atoms with E-state index in [1.54, 1.807) is 29.4 Å². The molecule has 1 N–H and O–H groups in total. The number of halogens is 2. The van der Waals surface area contributed by atoms with E-state index in [2.05, 4.69) is 5.32 Å². The van der Waals surface area contributed by atoms with Gasteiger partial charge in [-0.1, -0.05) is 11.6 Å². The summed E-state index contributed by atoms with van der Waals surface area (Å²) in [6.07, 6.45) is 1.90. The zero-order chi connectivity index (χ0) is 14.0. The van der Waals surface area contributed by atoms with Gasteiger partial charge < -0.3 is 5.32 Å². The molecule has 114 valence electrons. The van der Waals surface area contributed by atoms with Gasteiger partial charge in [-0.25, -0.2) is 8.42 Å². The Morgan fingerprint density at radius 3 is 2.70 bits per heavy atom. The van der Waals surface area contributed by atoms with Gasteiger partial charge in [-0.3, -0.25) is 0 Å². The van der Waals surface area contributed by atoms with Gasteiger partial charge in [0.25, 0.3) is 0 Å². The number of hydrogen-bond donors (Lipinski definition) is 1. The van der Waals surface area contributed by atoms with E-state index in [0.717, 1.165) is 12.8 Å². The predicted molar refractivity (Wildman–Crippen MR) is 84.3 cm³/mol. The van der Waals surface area contributed by atoms with Gasteiger partial charge in [-0.2, -0.15) is 4.31 Å². The van der Waals surface area contributed by atoms with E-state index < -0.39 is 10.0 Å². The molecule has 0 radical (unpaired) electrons. The molecule has 1 aromatic rings. The van der Waals surface area contributed by atoms with E-state index in [4.69, 9.17) is 11.6 Å². The van der Waals surface area contributed by atoms with Crippen LogP contribution < -0.4 is 5.32 Å².